The van der Waals surface area contributed by atoms with Crippen molar-refractivity contribution >= 4 is 12.3 Å². The van der Waals surface area contributed by atoms with E-state index in [0.717, 1.165) is 58.4 Å². The molecular weight excluding hydrogens is 334 g/mol. The number of ether oxygens (including phenoxy) is 1. The molecule has 152 valence electrons. The monoisotopic (exact) mass is 371 g/mol. The van der Waals surface area contributed by atoms with Crippen molar-refractivity contribution in [3.63, 3.8) is 0 Å². The van der Waals surface area contributed by atoms with Crippen molar-refractivity contribution in [3.8, 4) is 0 Å². The fraction of sp³-hybridized carbons (Fsp3) is 0.895. The van der Waals surface area contributed by atoms with Gasteiger partial charge in [-0.25, -0.2) is 0 Å². The first-order chi connectivity index (χ1) is 12.4. The van der Waals surface area contributed by atoms with E-state index in [1.165, 1.54) is 13.5 Å². The van der Waals surface area contributed by atoms with Crippen molar-refractivity contribution < 1.29 is 19.4 Å². The maximum atomic E-state index is 10.9. The summed E-state index contributed by atoms with van der Waals surface area (Å²) in [6.45, 7) is 6.52. The van der Waals surface area contributed by atoms with Crippen LogP contribution in [0.15, 0.2) is 0 Å². The number of hydrogen-bond acceptors (Lipinski definition) is 7. The highest BCUT2D eigenvalue weighted by atomic mass is 16.5. The third-order valence-electron chi connectivity index (χ3n) is 5.29. The number of aliphatic hydroxyl groups excluding tert-OH is 1. The van der Waals surface area contributed by atoms with Crippen LogP contribution in [0.25, 0.3) is 0 Å². The van der Waals surface area contributed by atoms with Crippen LogP contribution in [0.3, 0.4) is 0 Å². The quantitative estimate of drug-likeness (QED) is 0.560. The van der Waals surface area contributed by atoms with Crippen LogP contribution in [0.1, 0.15) is 19.3 Å². The summed E-state index contributed by atoms with van der Waals surface area (Å²) in [6, 6.07) is 0. The zero-order chi connectivity index (χ0) is 19.5. The number of rotatable bonds is 3. The van der Waals surface area contributed by atoms with Gasteiger partial charge in [-0.05, 0) is 66.0 Å². The standard InChI is InChI=1S/C7H13NO2.C6H13NO.C6H11NO/c1-8-4-3-6(5-8)7(9)10-2;2*1-7-3-2-6(4-7)5-8/h6H,3-5H2,1-2H3;6,8H,2-5H2,1H3;5-6H,2-4H2,1H3. The predicted molar refractivity (Wildman–Crippen MR) is 102 cm³/mol. The number of esters is 1. The molecule has 3 unspecified atom stereocenters. The molecule has 0 bridgehead atoms. The molecule has 1 N–H and O–H groups in total. The molecule has 3 aliphatic heterocycles. The normalized spacial score (nSPS) is 29.5. The van der Waals surface area contributed by atoms with Crippen LogP contribution >= 0.6 is 0 Å². The molecule has 0 aromatic rings. The van der Waals surface area contributed by atoms with E-state index in [1.807, 2.05) is 14.1 Å². The fourth-order valence-electron chi connectivity index (χ4n) is 3.55. The molecule has 0 aliphatic carbocycles. The van der Waals surface area contributed by atoms with Crippen molar-refractivity contribution in [2.75, 3.05) is 74.1 Å². The van der Waals surface area contributed by atoms with Gasteiger partial charge in [0.05, 0.1) is 13.0 Å². The van der Waals surface area contributed by atoms with Crippen LogP contribution < -0.4 is 0 Å². The SMILES string of the molecule is CN1CCC(C=O)C1.CN1CCC(CO)C1.COC(=O)C1CCN(C)C1. The summed E-state index contributed by atoms with van der Waals surface area (Å²) in [5, 5.41) is 8.66. The molecule has 0 aromatic heterocycles. The summed E-state index contributed by atoms with van der Waals surface area (Å²) in [6.07, 6.45) is 4.24. The Bertz CT molecular complexity index is 422. The Hall–Kier alpha value is -1.02. The minimum absolute atomic E-state index is 0.0654. The topological polar surface area (TPSA) is 73.3 Å². The highest BCUT2D eigenvalue weighted by molar-refractivity contribution is 5.72. The van der Waals surface area contributed by atoms with Gasteiger partial charge in [0.25, 0.3) is 0 Å². The average molecular weight is 372 g/mol. The third kappa shape index (κ3) is 8.58. The lowest BCUT2D eigenvalue weighted by molar-refractivity contribution is -0.144. The number of aliphatic hydroxyl groups is 1. The summed E-state index contributed by atoms with van der Waals surface area (Å²) < 4.78 is 4.62. The Morgan fingerprint density at radius 2 is 1.58 bits per heavy atom. The number of carbonyl (C=O) groups is 2. The average Bonchev–Trinajstić information content (AvgIpc) is 3.36. The van der Waals surface area contributed by atoms with Crippen LogP contribution in [-0.4, -0.2) is 106 Å². The second-order valence-electron chi connectivity index (χ2n) is 7.82. The number of hydrogen-bond donors (Lipinski definition) is 1. The van der Waals surface area contributed by atoms with Crippen LogP contribution in [0.4, 0.5) is 0 Å². The number of aldehydes is 1. The molecule has 3 heterocycles. The van der Waals surface area contributed by atoms with E-state index < -0.39 is 0 Å². The summed E-state index contributed by atoms with van der Waals surface area (Å²) in [4.78, 5) is 27.6. The van der Waals surface area contributed by atoms with Crippen LogP contribution in [0.5, 0.6) is 0 Å². The molecule has 0 amide bonds. The smallest absolute Gasteiger partial charge is 0.310 e. The maximum Gasteiger partial charge on any atom is 0.310 e. The van der Waals surface area contributed by atoms with Gasteiger partial charge in [-0.1, -0.05) is 0 Å². The second kappa shape index (κ2) is 12.4. The van der Waals surface area contributed by atoms with Gasteiger partial charge in [0.2, 0.25) is 0 Å². The number of likely N-dealkylation sites (tertiary alicyclic amines) is 3. The van der Waals surface area contributed by atoms with Crippen LogP contribution in [-0.2, 0) is 14.3 Å². The second-order valence-corrected chi connectivity index (χ2v) is 7.82. The maximum absolute atomic E-state index is 10.9. The van der Waals surface area contributed by atoms with Gasteiger partial charge < -0.3 is 29.3 Å². The molecule has 3 atom stereocenters. The fourth-order valence-corrected chi connectivity index (χ4v) is 3.55. The predicted octanol–water partition coefficient (Wildman–Crippen LogP) is 0.179. The Morgan fingerprint density at radius 3 is 1.88 bits per heavy atom. The summed E-state index contributed by atoms with van der Waals surface area (Å²) in [5.41, 5.74) is 0. The largest absolute Gasteiger partial charge is 0.469 e. The lowest BCUT2D eigenvalue weighted by Crippen LogP contribution is -2.20. The molecule has 3 fully saturated rings. The Labute approximate surface area is 158 Å². The van der Waals surface area contributed by atoms with E-state index in [9.17, 15) is 9.59 Å². The van der Waals surface area contributed by atoms with Gasteiger partial charge in [0.1, 0.15) is 6.29 Å². The summed E-state index contributed by atoms with van der Waals surface area (Å²) >= 11 is 0. The summed E-state index contributed by atoms with van der Waals surface area (Å²) in [7, 11) is 7.60. The van der Waals surface area contributed by atoms with Gasteiger partial charge >= 0.3 is 5.97 Å². The number of methoxy groups -OCH3 is 1. The lowest BCUT2D eigenvalue weighted by Gasteiger charge is -2.06. The molecule has 7 nitrogen and oxygen atoms in total. The third-order valence-corrected chi connectivity index (χ3v) is 5.29. The first kappa shape index (κ1) is 23.0. The highest BCUT2D eigenvalue weighted by Gasteiger charge is 2.26. The van der Waals surface area contributed by atoms with Gasteiger partial charge in [-0.15, -0.1) is 0 Å². The molecule has 0 spiro atoms. The summed E-state index contributed by atoms with van der Waals surface area (Å²) in [5.74, 6) is 0.930. The van der Waals surface area contributed by atoms with Gasteiger partial charge in [-0.3, -0.25) is 4.79 Å². The molecule has 7 heteroatoms. The zero-order valence-corrected chi connectivity index (χ0v) is 16.9. The van der Waals surface area contributed by atoms with Crippen molar-refractivity contribution in [2.24, 2.45) is 17.8 Å². The van der Waals surface area contributed by atoms with Gasteiger partial charge in [0.15, 0.2) is 0 Å². The molecular formula is C19H37N3O4. The van der Waals surface area contributed by atoms with Crippen molar-refractivity contribution in [3.05, 3.63) is 0 Å². The molecule has 3 saturated heterocycles. The molecule has 3 aliphatic rings. The molecule has 0 radical (unpaired) electrons. The Kier molecular flexibility index (Phi) is 11.0. The minimum atomic E-state index is -0.0654. The minimum Gasteiger partial charge on any atom is -0.469 e. The van der Waals surface area contributed by atoms with E-state index in [4.69, 9.17) is 5.11 Å². The number of nitrogens with zero attached hydrogens (tertiary/aromatic N) is 3. The van der Waals surface area contributed by atoms with Gasteiger partial charge in [0, 0.05) is 32.2 Å². The zero-order valence-electron chi connectivity index (χ0n) is 16.9. The van der Waals surface area contributed by atoms with E-state index in [-0.39, 0.29) is 11.9 Å². The Morgan fingerprint density at radius 1 is 1.00 bits per heavy atom. The van der Waals surface area contributed by atoms with Crippen molar-refractivity contribution in [1.29, 1.82) is 0 Å². The van der Waals surface area contributed by atoms with E-state index in [1.54, 1.807) is 0 Å². The molecule has 0 saturated carbocycles. The van der Waals surface area contributed by atoms with E-state index >= 15 is 0 Å². The van der Waals surface area contributed by atoms with E-state index in [0.29, 0.717) is 18.4 Å². The number of carbonyl (C=O) groups excluding carboxylic acids is 2. The Balaban J connectivity index is 0.000000197. The molecule has 26 heavy (non-hydrogen) atoms. The van der Waals surface area contributed by atoms with E-state index in [2.05, 4.69) is 26.5 Å². The van der Waals surface area contributed by atoms with Crippen LogP contribution in [0, 0.1) is 17.8 Å². The van der Waals surface area contributed by atoms with Crippen molar-refractivity contribution in [2.45, 2.75) is 19.3 Å². The van der Waals surface area contributed by atoms with Crippen LogP contribution in [0.2, 0.25) is 0 Å². The van der Waals surface area contributed by atoms with Gasteiger partial charge in [-0.2, -0.15) is 0 Å². The molecule has 0 aromatic carbocycles. The van der Waals surface area contributed by atoms with Crippen molar-refractivity contribution in [1.82, 2.24) is 14.7 Å². The highest BCUT2D eigenvalue weighted by Crippen LogP contribution is 2.15. The first-order valence-corrected chi connectivity index (χ1v) is 9.59. The molecule has 3 rings (SSSR count). The first-order valence-electron chi connectivity index (χ1n) is 9.59. The lowest BCUT2D eigenvalue weighted by atomic mass is 10.1.